The predicted octanol–water partition coefficient (Wildman–Crippen LogP) is 5.84. The monoisotopic (exact) mass is 396 g/mol. The summed E-state index contributed by atoms with van der Waals surface area (Å²) in [6.45, 7) is 6.31. The minimum atomic E-state index is -0.643. The van der Waals surface area contributed by atoms with Crippen molar-refractivity contribution in [3.05, 3.63) is 96.1 Å². The predicted molar refractivity (Wildman–Crippen MR) is 121 cm³/mol. The molecule has 0 heterocycles. The molecule has 0 saturated heterocycles. The Labute approximate surface area is 174 Å². The molecule has 0 radical (unpaired) electrons. The fourth-order valence-electron chi connectivity index (χ4n) is 3.38. The van der Waals surface area contributed by atoms with Gasteiger partial charge in [-0.1, -0.05) is 60.7 Å². The minimum Gasteiger partial charge on any atom is -0.386 e. The maximum atomic E-state index is 11.0. The van der Waals surface area contributed by atoms with Gasteiger partial charge in [-0.25, -0.2) is 0 Å². The molecule has 28 heavy (non-hydrogen) atoms. The summed E-state index contributed by atoms with van der Waals surface area (Å²) in [5.74, 6) is 0. The van der Waals surface area contributed by atoms with Crippen molar-refractivity contribution in [1.29, 1.82) is 0 Å². The molecule has 148 valence electrons. The molecule has 0 aliphatic rings. The van der Waals surface area contributed by atoms with Crippen molar-refractivity contribution in [3.8, 4) is 0 Å². The standard InChI is InChI=1S/C24H28N2O.ClH/c1-3-26(4-2)22-17-15-21(16-18-22)25-23(19-11-7-5-8-12-19)24(27)20-13-9-6-10-14-20;/h5-18,23-25,27H,3-4H2,1-2H3;1H. The fraction of sp³-hybridized carbons (Fsp3) is 0.250. The van der Waals surface area contributed by atoms with Gasteiger partial charge in [-0.2, -0.15) is 0 Å². The van der Waals surface area contributed by atoms with E-state index in [1.54, 1.807) is 0 Å². The van der Waals surface area contributed by atoms with Gasteiger partial charge >= 0.3 is 0 Å². The highest BCUT2D eigenvalue weighted by Gasteiger charge is 2.22. The molecule has 0 bridgehead atoms. The lowest BCUT2D eigenvalue weighted by molar-refractivity contribution is 0.155. The molecular weight excluding hydrogens is 368 g/mol. The molecule has 0 spiro atoms. The van der Waals surface area contributed by atoms with Crippen molar-refractivity contribution < 1.29 is 5.11 Å². The SMILES string of the molecule is CCN(CC)c1ccc(NC(c2ccccc2)C(O)c2ccccc2)cc1.Cl. The molecule has 2 N–H and O–H groups in total. The Hall–Kier alpha value is -2.49. The molecule has 3 nitrogen and oxygen atoms in total. The lowest BCUT2D eigenvalue weighted by atomic mass is 9.95. The zero-order valence-corrected chi connectivity index (χ0v) is 17.3. The molecular formula is C24H29ClN2O. The third-order valence-electron chi connectivity index (χ3n) is 4.93. The first kappa shape index (κ1) is 21.8. The Morgan fingerprint density at radius 1 is 0.750 bits per heavy atom. The summed E-state index contributed by atoms with van der Waals surface area (Å²) in [5.41, 5.74) is 4.17. The number of halogens is 1. The van der Waals surface area contributed by atoms with E-state index >= 15 is 0 Å². The first-order valence-corrected chi connectivity index (χ1v) is 9.62. The van der Waals surface area contributed by atoms with Gasteiger partial charge in [0, 0.05) is 24.5 Å². The normalized spacial score (nSPS) is 12.5. The molecule has 0 aliphatic carbocycles. The van der Waals surface area contributed by atoms with Gasteiger partial charge in [-0.3, -0.25) is 0 Å². The van der Waals surface area contributed by atoms with Crippen LogP contribution in [0.15, 0.2) is 84.9 Å². The van der Waals surface area contributed by atoms with Crippen LogP contribution in [0.4, 0.5) is 11.4 Å². The van der Waals surface area contributed by atoms with Gasteiger partial charge in [0.05, 0.1) is 6.04 Å². The minimum absolute atomic E-state index is 0. The highest BCUT2D eigenvalue weighted by Crippen LogP contribution is 2.32. The lowest BCUT2D eigenvalue weighted by Gasteiger charge is -2.27. The van der Waals surface area contributed by atoms with Gasteiger partial charge in [0.1, 0.15) is 6.10 Å². The molecule has 0 saturated carbocycles. The first-order valence-electron chi connectivity index (χ1n) is 9.62. The zero-order valence-electron chi connectivity index (χ0n) is 16.5. The molecule has 3 aromatic rings. The van der Waals surface area contributed by atoms with E-state index in [4.69, 9.17) is 0 Å². The van der Waals surface area contributed by atoms with E-state index in [0.717, 1.165) is 29.9 Å². The van der Waals surface area contributed by atoms with E-state index in [1.807, 2.05) is 60.7 Å². The van der Waals surface area contributed by atoms with Gasteiger partial charge in [0.2, 0.25) is 0 Å². The van der Waals surface area contributed by atoms with Gasteiger partial charge < -0.3 is 15.3 Å². The second-order valence-corrected chi connectivity index (χ2v) is 6.61. The van der Waals surface area contributed by atoms with Crippen LogP contribution in [0.1, 0.15) is 37.1 Å². The largest absolute Gasteiger partial charge is 0.386 e. The number of rotatable bonds is 8. The van der Waals surface area contributed by atoms with E-state index in [-0.39, 0.29) is 18.4 Å². The Kier molecular flexibility index (Phi) is 8.37. The van der Waals surface area contributed by atoms with Gasteiger partial charge in [-0.15, -0.1) is 12.4 Å². The maximum Gasteiger partial charge on any atom is 0.103 e. The summed E-state index contributed by atoms with van der Waals surface area (Å²) in [6.07, 6.45) is -0.643. The molecule has 0 aromatic heterocycles. The summed E-state index contributed by atoms with van der Waals surface area (Å²) in [4.78, 5) is 2.32. The Morgan fingerprint density at radius 2 is 1.25 bits per heavy atom. The summed E-state index contributed by atoms with van der Waals surface area (Å²) in [6, 6.07) is 28.1. The average Bonchev–Trinajstić information content (AvgIpc) is 2.74. The smallest absolute Gasteiger partial charge is 0.103 e. The second-order valence-electron chi connectivity index (χ2n) is 6.61. The van der Waals surface area contributed by atoms with Crippen LogP contribution in [0.2, 0.25) is 0 Å². The van der Waals surface area contributed by atoms with Gasteiger partial charge in [-0.05, 0) is 49.2 Å². The number of aliphatic hydroxyl groups is 1. The quantitative estimate of drug-likeness (QED) is 0.502. The number of benzene rings is 3. The summed E-state index contributed by atoms with van der Waals surface area (Å²) < 4.78 is 0. The number of hydrogen-bond acceptors (Lipinski definition) is 3. The molecule has 4 heteroatoms. The van der Waals surface area contributed by atoms with Crippen LogP contribution in [0.5, 0.6) is 0 Å². The lowest BCUT2D eigenvalue weighted by Crippen LogP contribution is -2.22. The van der Waals surface area contributed by atoms with Crippen LogP contribution in [0, 0.1) is 0 Å². The Balaban J connectivity index is 0.00000280. The fourth-order valence-corrected chi connectivity index (χ4v) is 3.38. The number of nitrogens with one attached hydrogen (secondary N) is 1. The zero-order chi connectivity index (χ0) is 19.1. The molecule has 2 unspecified atom stereocenters. The molecule has 2 atom stereocenters. The Morgan fingerprint density at radius 3 is 1.75 bits per heavy atom. The number of anilines is 2. The molecule has 3 rings (SSSR count). The third kappa shape index (κ3) is 5.28. The number of nitrogens with zero attached hydrogens (tertiary/aromatic N) is 1. The highest BCUT2D eigenvalue weighted by atomic mass is 35.5. The van der Waals surface area contributed by atoms with Crippen LogP contribution >= 0.6 is 12.4 Å². The van der Waals surface area contributed by atoms with Crippen LogP contribution in [0.3, 0.4) is 0 Å². The van der Waals surface area contributed by atoms with Crippen molar-refractivity contribution in [1.82, 2.24) is 0 Å². The van der Waals surface area contributed by atoms with Gasteiger partial charge in [0.15, 0.2) is 0 Å². The van der Waals surface area contributed by atoms with Crippen molar-refractivity contribution in [2.45, 2.75) is 26.0 Å². The van der Waals surface area contributed by atoms with Crippen molar-refractivity contribution in [2.75, 3.05) is 23.3 Å². The topological polar surface area (TPSA) is 35.5 Å². The molecule has 0 aliphatic heterocycles. The molecule has 3 aromatic carbocycles. The number of aliphatic hydroxyl groups excluding tert-OH is 1. The van der Waals surface area contributed by atoms with Crippen molar-refractivity contribution in [2.24, 2.45) is 0 Å². The second kappa shape index (κ2) is 10.7. The van der Waals surface area contributed by atoms with Crippen molar-refractivity contribution in [3.63, 3.8) is 0 Å². The van der Waals surface area contributed by atoms with Crippen LogP contribution in [-0.4, -0.2) is 18.2 Å². The highest BCUT2D eigenvalue weighted by molar-refractivity contribution is 5.85. The van der Waals surface area contributed by atoms with E-state index in [1.165, 1.54) is 5.69 Å². The van der Waals surface area contributed by atoms with E-state index in [0.29, 0.717) is 0 Å². The summed E-state index contributed by atoms with van der Waals surface area (Å²) >= 11 is 0. The first-order chi connectivity index (χ1) is 13.2. The van der Waals surface area contributed by atoms with E-state index < -0.39 is 6.10 Å². The number of hydrogen-bond donors (Lipinski definition) is 2. The molecule has 0 fully saturated rings. The van der Waals surface area contributed by atoms with Crippen LogP contribution < -0.4 is 10.2 Å². The van der Waals surface area contributed by atoms with E-state index in [2.05, 4.69) is 48.3 Å². The third-order valence-corrected chi connectivity index (χ3v) is 4.93. The van der Waals surface area contributed by atoms with Crippen LogP contribution in [0.25, 0.3) is 0 Å². The van der Waals surface area contributed by atoms with Crippen LogP contribution in [-0.2, 0) is 0 Å². The van der Waals surface area contributed by atoms with E-state index in [9.17, 15) is 5.11 Å². The molecule has 0 amide bonds. The Bertz CT molecular complexity index is 805. The maximum absolute atomic E-state index is 11.0. The summed E-state index contributed by atoms with van der Waals surface area (Å²) in [5, 5.41) is 14.6. The summed E-state index contributed by atoms with van der Waals surface area (Å²) in [7, 11) is 0. The average molecular weight is 397 g/mol. The van der Waals surface area contributed by atoms with Crippen molar-refractivity contribution >= 4 is 23.8 Å². The van der Waals surface area contributed by atoms with Gasteiger partial charge in [0.25, 0.3) is 0 Å².